The fourth-order valence-corrected chi connectivity index (χ4v) is 1.92. The quantitative estimate of drug-likeness (QED) is 0.551. The summed E-state index contributed by atoms with van der Waals surface area (Å²) >= 11 is 0. The summed E-state index contributed by atoms with van der Waals surface area (Å²) in [7, 11) is 0. The van der Waals surface area contributed by atoms with Gasteiger partial charge < -0.3 is 10.7 Å². The number of nitrogen functional groups attached to an aromatic ring is 1. The number of nitrogens with two attached hydrogens (primary N) is 1. The number of carbonyl (C=O) groups is 1. The standard InChI is InChI=1S/C13H19N3O/c1-8-6-9(4-5-10(8)16-14)12(17)15-11-7-13(11,2)3/h4-6,11,16H,7,14H2,1-3H3,(H,15,17). The molecule has 4 nitrogen and oxygen atoms in total. The zero-order valence-corrected chi connectivity index (χ0v) is 10.5. The molecule has 1 saturated carbocycles. The highest BCUT2D eigenvalue weighted by molar-refractivity contribution is 5.95. The molecule has 4 N–H and O–H groups in total. The van der Waals surface area contributed by atoms with Crippen LogP contribution in [0.15, 0.2) is 18.2 Å². The van der Waals surface area contributed by atoms with Crippen LogP contribution in [0.4, 0.5) is 5.69 Å². The van der Waals surface area contributed by atoms with E-state index < -0.39 is 0 Å². The molecule has 1 aliphatic carbocycles. The Morgan fingerprint density at radius 1 is 1.47 bits per heavy atom. The number of benzene rings is 1. The van der Waals surface area contributed by atoms with Crippen LogP contribution in [0, 0.1) is 12.3 Å². The Morgan fingerprint density at radius 3 is 2.59 bits per heavy atom. The third kappa shape index (κ3) is 2.42. The monoisotopic (exact) mass is 233 g/mol. The van der Waals surface area contributed by atoms with Crippen LogP contribution in [0.5, 0.6) is 0 Å². The lowest BCUT2D eigenvalue weighted by Crippen LogP contribution is -2.28. The van der Waals surface area contributed by atoms with Crippen molar-refractivity contribution in [3.63, 3.8) is 0 Å². The highest BCUT2D eigenvalue weighted by Crippen LogP contribution is 2.44. The van der Waals surface area contributed by atoms with E-state index in [1.807, 2.05) is 19.1 Å². The molecule has 1 aromatic carbocycles. The van der Waals surface area contributed by atoms with Crippen LogP contribution in [0.25, 0.3) is 0 Å². The van der Waals surface area contributed by atoms with Crippen molar-refractivity contribution in [2.24, 2.45) is 11.3 Å². The lowest BCUT2D eigenvalue weighted by molar-refractivity contribution is 0.0946. The van der Waals surface area contributed by atoms with E-state index in [1.165, 1.54) is 0 Å². The Kier molecular flexibility index (Phi) is 2.83. The summed E-state index contributed by atoms with van der Waals surface area (Å²) < 4.78 is 0. The lowest BCUT2D eigenvalue weighted by Gasteiger charge is -2.09. The minimum Gasteiger partial charge on any atom is -0.349 e. The van der Waals surface area contributed by atoms with Crippen LogP contribution in [-0.4, -0.2) is 11.9 Å². The number of carbonyl (C=O) groups excluding carboxylic acids is 1. The second kappa shape index (κ2) is 4.04. The summed E-state index contributed by atoms with van der Waals surface area (Å²) in [6.07, 6.45) is 1.06. The molecule has 1 unspecified atom stereocenters. The molecule has 1 aliphatic rings. The largest absolute Gasteiger partial charge is 0.349 e. The van der Waals surface area contributed by atoms with Gasteiger partial charge in [0.25, 0.3) is 5.91 Å². The van der Waals surface area contributed by atoms with Crippen molar-refractivity contribution in [3.8, 4) is 0 Å². The zero-order valence-electron chi connectivity index (χ0n) is 10.5. The van der Waals surface area contributed by atoms with E-state index in [2.05, 4.69) is 24.6 Å². The molecule has 0 spiro atoms. The summed E-state index contributed by atoms with van der Waals surface area (Å²) in [5.74, 6) is 5.35. The van der Waals surface area contributed by atoms with Crippen LogP contribution < -0.4 is 16.6 Å². The molecular weight excluding hydrogens is 214 g/mol. The van der Waals surface area contributed by atoms with Gasteiger partial charge in [-0.05, 0) is 42.5 Å². The predicted molar refractivity (Wildman–Crippen MR) is 68.6 cm³/mol. The summed E-state index contributed by atoms with van der Waals surface area (Å²) in [5, 5.41) is 3.03. The molecule has 0 bridgehead atoms. The number of hydrazine groups is 1. The first-order valence-corrected chi connectivity index (χ1v) is 5.82. The average molecular weight is 233 g/mol. The summed E-state index contributed by atoms with van der Waals surface area (Å²) in [4.78, 5) is 12.0. The van der Waals surface area contributed by atoms with Gasteiger partial charge in [0.1, 0.15) is 0 Å². The van der Waals surface area contributed by atoms with Crippen LogP contribution >= 0.6 is 0 Å². The summed E-state index contributed by atoms with van der Waals surface area (Å²) in [5.41, 5.74) is 5.34. The zero-order chi connectivity index (χ0) is 12.6. The molecule has 0 saturated heterocycles. The highest BCUT2D eigenvalue weighted by Gasteiger charge is 2.46. The summed E-state index contributed by atoms with van der Waals surface area (Å²) in [6.45, 7) is 6.24. The van der Waals surface area contributed by atoms with Gasteiger partial charge in [0.05, 0.1) is 5.69 Å². The van der Waals surface area contributed by atoms with Crippen molar-refractivity contribution in [2.75, 3.05) is 5.43 Å². The Balaban J connectivity index is 2.07. The third-order valence-corrected chi connectivity index (χ3v) is 3.46. The van der Waals surface area contributed by atoms with E-state index in [-0.39, 0.29) is 11.3 Å². The van der Waals surface area contributed by atoms with Gasteiger partial charge in [-0.2, -0.15) is 0 Å². The fourth-order valence-electron chi connectivity index (χ4n) is 1.92. The maximum absolute atomic E-state index is 12.0. The molecular formula is C13H19N3O. The fraction of sp³-hybridized carbons (Fsp3) is 0.462. The van der Waals surface area contributed by atoms with E-state index in [0.717, 1.165) is 17.7 Å². The van der Waals surface area contributed by atoms with E-state index in [1.54, 1.807) is 6.07 Å². The minimum absolute atomic E-state index is 0.00718. The van der Waals surface area contributed by atoms with Crippen molar-refractivity contribution in [1.29, 1.82) is 0 Å². The Bertz CT molecular complexity index is 454. The topological polar surface area (TPSA) is 67.2 Å². The van der Waals surface area contributed by atoms with Gasteiger partial charge in [-0.15, -0.1) is 0 Å². The normalized spacial score (nSPS) is 20.8. The molecule has 4 heteroatoms. The smallest absolute Gasteiger partial charge is 0.251 e. The number of anilines is 1. The van der Waals surface area contributed by atoms with Crippen molar-refractivity contribution in [2.45, 2.75) is 33.2 Å². The average Bonchev–Trinajstić information content (AvgIpc) is 2.85. The Labute approximate surface area is 102 Å². The SMILES string of the molecule is Cc1cc(C(=O)NC2CC2(C)C)ccc1NN. The number of aryl methyl sites for hydroxylation is 1. The van der Waals surface area contributed by atoms with Gasteiger partial charge in [0.15, 0.2) is 0 Å². The van der Waals surface area contributed by atoms with Crippen LogP contribution in [0.3, 0.4) is 0 Å². The molecule has 17 heavy (non-hydrogen) atoms. The van der Waals surface area contributed by atoms with Crippen molar-refractivity contribution >= 4 is 11.6 Å². The molecule has 1 amide bonds. The number of hydrogen-bond acceptors (Lipinski definition) is 3. The second-order valence-electron chi connectivity index (χ2n) is 5.39. The van der Waals surface area contributed by atoms with E-state index in [0.29, 0.717) is 11.6 Å². The summed E-state index contributed by atoms with van der Waals surface area (Å²) in [6, 6.07) is 5.76. The Hall–Kier alpha value is -1.55. The molecule has 1 atom stereocenters. The van der Waals surface area contributed by atoms with Crippen LogP contribution in [0.2, 0.25) is 0 Å². The third-order valence-electron chi connectivity index (χ3n) is 3.46. The minimum atomic E-state index is -0.00718. The second-order valence-corrected chi connectivity index (χ2v) is 5.39. The van der Waals surface area contributed by atoms with Gasteiger partial charge in [0.2, 0.25) is 0 Å². The molecule has 0 aromatic heterocycles. The first-order chi connectivity index (χ1) is 7.94. The lowest BCUT2D eigenvalue weighted by atomic mass is 10.1. The molecule has 1 aromatic rings. The molecule has 2 rings (SSSR count). The first kappa shape index (κ1) is 11.9. The van der Waals surface area contributed by atoms with Crippen LogP contribution in [-0.2, 0) is 0 Å². The van der Waals surface area contributed by atoms with Crippen LogP contribution in [0.1, 0.15) is 36.2 Å². The maximum atomic E-state index is 12.0. The van der Waals surface area contributed by atoms with Gasteiger partial charge in [-0.25, -0.2) is 0 Å². The number of nitrogens with one attached hydrogen (secondary N) is 2. The molecule has 0 radical (unpaired) electrons. The predicted octanol–water partition coefficient (Wildman–Crippen LogP) is 1.81. The van der Waals surface area contributed by atoms with Crippen molar-refractivity contribution < 1.29 is 4.79 Å². The number of rotatable bonds is 3. The molecule has 1 fully saturated rings. The van der Waals surface area contributed by atoms with Crippen molar-refractivity contribution in [3.05, 3.63) is 29.3 Å². The van der Waals surface area contributed by atoms with E-state index >= 15 is 0 Å². The van der Waals surface area contributed by atoms with Gasteiger partial charge in [0, 0.05) is 11.6 Å². The number of hydrogen-bond donors (Lipinski definition) is 3. The van der Waals surface area contributed by atoms with E-state index in [9.17, 15) is 4.79 Å². The first-order valence-electron chi connectivity index (χ1n) is 5.82. The maximum Gasteiger partial charge on any atom is 0.251 e. The number of amides is 1. The highest BCUT2D eigenvalue weighted by atomic mass is 16.1. The Morgan fingerprint density at radius 2 is 2.12 bits per heavy atom. The van der Waals surface area contributed by atoms with Gasteiger partial charge in [-0.1, -0.05) is 13.8 Å². The molecule has 0 aliphatic heterocycles. The molecule has 0 heterocycles. The van der Waals surface area contributed by atoms with Gasteiger partial charge >= 0.3 is 0 Å². The van der Waals surface area contributed by atoms with E-state index in [4.69, 9.17) is 5.84 Å². The molecule has 92 valence electrons. The van der Waals surface area contributed by atoms with Gasteiger partial charge in [-0.3, -0.25) is 10.6 Å². The van der Waals surface area contributed by atoms with Crippen molar-refractivity contribution in [1.82, 2.24) is 5.32 Å².